The number of carbonyl (C=O) groups excluding carboxylic acids is 1. The summed E-state index contributed by atoms with van der Waals surface area (Å²) >= 11 is 0. The molecule has 1 amide bonds. The minimum atomic E-state index is -0.378. The number of hydrogen-bond acceptors (Lipinski definition) is 5. The minimum Gasteiger partial charge on any atom is -0.493 e. The van der Waals surface area contributed by atoms with E-state index in [0.29, 0.717) is 29.8 Å². The molecule has 1 heterocycles. The first kappa shape index (κ1) is 19.2. The van der Waals surface area contributed by atoms with Crippen LogP contribution in [0.15, 0.2) is 59.4 Å². The number of aromatic nitrogens is 2. The van der Waals surface area contributed by atoms with Gasteiger partial charge in [0.05, 0.1) is 17.5 Å². The van der Waals surface area contributed by atoms with Gasteiger partial charge in [-0.15, -0.1) is 0 Å². The number of hydrogen-bond donors (Lipinski definition) is 2. The van der Waals surface area contributed by atoms with Gasteiger partial charge in [0.15, 0.2) is 0 Å². The number of para-hydroxylation sites is 2. The Labute approximate surface area is 162 Å². The van der Waals surface area contributed by atoms with Gasteiger partial charge in [0, 0.05) is 18.2 Å². The smallest absolute Gasteiger partial charge is 0.262 e. The second-order valence-electron chi connectivity index (χ2n) is 5.92. The molecule has 7 nitrogen and oxygen atoms in total. The van der Waals surface area contributed by atoms with E-state index in [0.717, 1.165) is 5.56 Å². The number of carbonyl (C=O) groups is 1. The molecule has 0 radical (unpaired) electrons. The number of hydrazine groups is 1. The molecule has 0 atom stereocenters. The van der Waals surface area contributed by atoms with E-state index in [1.54, 1.807) is 24.3 Å². The SMILES string of the molecule is CCOc1ccccc1/C=C/C(=O)NNc1nc2ccccc2c(=O)n1CC. The largest absolute Gasteiger partial charge is 0.493 e. The first-order valence-electron chi connectivity index (χ1n) is 9.09. The van der Waals surface area contributed by atoms with Crippen molar-refractivity contribution in [2.45, 2.75) is 20.4 Å². The van der Waals surface area contributed by atoms with Crippen molar-refractivity contribution in [3.05, 3.63) is 70.5 Å². The van der Waals surface area contributed by atoms with Gasteiger partial charge < -0.3 is 4.74 Å². The second-order valence-corrected chi connectivity index (χ2v) is 5.92. The summed E-state index contributed by atoms with van der Waals surface area (Å²) in [7, 11) is 0. The summed E-state index contributed by atoms with van der Waals surface area (Å²) in [5.41, 5.74) is 6.49. The number of nitrogens with zero attached hydrogens (tertiary/aromatic N) is 2. The van der Waals surface area contributed by atoms with E-state index in [9.17, 15) is 9.59 Å². The Morgan fingerprint density at radius 1 is 1.14 bits per heavy atom. The fourth-order valence-corrected chi connectivity index (χ4v) is 2.79. The van der Waals surface area contributed by atoms with Crippen molar-refractivity contribution in [2.24, 2.45) is 0 Å². The molecule has 28 heavy (non-hydrogen) atoms. The van der Waals surface area contributed by atoms with Crippen LogP contribution in [0.4, 0.5) is 5.95 Å². The van der Waals surface area contributed by atoms with Crippen LogP contribution < -0.4 is 21.1 Å². The van der Waals surface area contributed by atoms with Crippen molar-refractivity contribution in [2.75, 3.05) is 12.0 Å². The van der Waals surface area contributed by atoms with Gasteiger partial charge in [-0.1, -0.05) is 30.3 Å². The maximum Gasteiger partial charge on any atom is 0.262 e. The first-order valence-corrected chi connectivity index (χ1v) is 9.09. The van der Waals surface area contributed by atoms with Crippen LogP contribution >= 0.6 is 0 Å². The Morgan fingerprint density at radius 2 is 1.89 bits per heavy atom. The van der Waals surface area contributed by atoms with Crippen LogP contribution in [0, 0.1) is 0 Å². The van der Waals surface area contributed by atoms with Crippen LogP contribution in [0.25, 0.3) is 17.0 Å². The molecule has 3 rings (SSSR count). The van der Waals surface area contributed by atoms with Crippen LogP contribution in [0.1, 0.15) is 19.4 Å². The highest BCUT2D eigenvalue weighted by atomic mass is 16.5. The second kappa shape index (κ2) is 8.85. The summed E-state index contributed by atoms with van der Waals surface area (Å²) in [5, 5.41) is 0.536. The molecule has 7 heteroatoms. The van der Waals surface area contributed by atoms with E-state index in [1.807, 2.05) is 44.2 Å². The summed E-state index contributed by atoms with van der Waals surface area (Å²) < 4.78 is 7.01. The Hall–Kier alpha value is -3.61. The fourth-order valence-electron chi connectivity index (χ4n) is 2.79. The van der Waals surface area contributed by atoms with Crippen LogP contribution in [0.2, 0.25) is 0 Å². The summed E-state index contributed by atoms with van der Waals surface area (Å²) in [6, 6.07) is 14.6. The minimum absolute atomic E-state index is 0.161. The zero-order valence-corrected chi connectivity index (χ0v) is 15.8. The van der Waals surface area contributed by atoms with Gasteiger partial charge in [-0.05, 0) is 38.1 Å². The summed E-state index contributed by atoms with van der Waals surface area (Å²) in [4.78, 5) is 29.2. The molecule has 0 fully saturated rings. The van der Waals surface area contributed by atoms with E-state index in [2.05, 4.69) is 15.8 Å². The average Bonchev–Trinajstić information content (AvgIpc) is 2.72. The summed E-state index contributed by atoms with van der Waals surface area (Å²) in [6.45, 7) is 4.71. The van der Waals surface area contributed by atoms with Gasteiger partial charge in [-0.2, -0.15) is 0 Å². The maximum atomic E-state index is 12.6. The quantitative estimate of drug-likeness (QED) is 0.488. The average molecular weight is 378 g/mol. The predicted molar refractivity (Wildman–Crippen MR) is 110 cm³/mol. The van der Waals surface area contributed by atoms with Gasteiger partial charge in [-0.3, -0.25) is 25.0 Å². The molecule has 0 aliphatic carbocycles. The molecule has 1 aromatic heterocycles. The van der Waals surface area contributed by atoms with Crippen molar-refractivity contribution in [1.82, 2.24) is 15.0 Å². The lowest BCUT2D eigenvalue weighted by atomic mass is 10.2. The Kier molecular flexibility index (Phi) is 6.06. The fraction of sp³-hybridized carbons (Fsp3) is 0.190. The third-order valence-electron chi connectivity index (χ3n) is 4.11. The molecule has 0 aliphatic heterocycles. The normalized spacial score (nSPS) is 10.9. The lowest BCUT2D eigenvalue weighted by Gasteiger charge is -2.13. The van der Waals surface area contributed by atoms with Gasteiger partial charge >= 0.3 is 0 Å². The molecule has 2 aromatic carbocycles. The number of benzene rings is 2. The molecule has 0 unspecified atom stereocenters. The maximum absolute atomic E-state index is 12.6. The molecule has 0 saturated carbocycles. The molecule has 0 saturated heterocycles. The highest BCUT2D eigenvalue weighted by molar-refractivity contribution is 5.92. The van der Waals surface area contributed by atoms with E-state index >= 15 is 0 Å². The monoisotopic (exact) mass is 378 g/mol. The van der Waals surface area contributed by atoms with Gasteiger partial charge in [0.25, 0.3) is 11.5 Å². The number of fused-ring (bicyclic) bond motifs is 1. The Morgan fingerprint density at radius 3 is 2.68 bits per heavy atom. The van der Waals surface area contributed by atoms with E-state index in [-0.39, 0.29) is 17.4 Å². The van der Waals surface area contributed by atoms with Gasteiger partial charge in [-0.25, -0.2) is 4.98 Å². The third-order valence-corrected chi connectivity index (χ3v) is 4.11. The first-order chi connectivity index (χ1) is 13.6. The molecule has 0 aliphatic rings. The number of amides is 1. The molecular formula is C21H22N4O3. The van der Waals surface area contributed by atoms with Crippen LogP contribution in [0.5, 0.6) is 5.75 Å². The van der Waals surface area contributed by atoms with Gasteiger partial charge in [0.1, 0.15) is 5.75 Å². The molecule has 144 valence electrons. The Balaban J connectivity index is 1.75. The number of ether oxygens (including phenoxy) is 1. The van der Waals surface area contributed by atoms with Crippen molar-refractivity contribution >= 4 is 28.8 Å². The lowest BCUT2D eigenvalue weighted by Crippen LogP contribution is -2.33. The molecule has 0 spiro atoms. The van der Waals surface area contributed by atoms with E-state index < -0.39 is 0 Å². The number of nitrogens with one attached hydrogen (secondary N) is 2. The number of anilines is 1. The zero-order chi connectivity index (χ0) is 19.9. The molecule has 0 bridgehead atoms. The van der Waals surface area contributed by atoms with Crippen molar-refractivity contribution in [3.63, 3.8) is 0 Å². The third kappa shape index (κ3) is 4.20. The van der Waals surface area contributed by atoms with Crippen molar-refractivity contribution in [3.8, 4) is 5.75 Å². The standard InChI is InChI=1S/C21H22N4O3/c1-3-25-20(27)16-10-6-7-11-17(16)22-21(25)24-23-19(26)14-13-15-9-5-8-12-18(15)28-4-2/h5-14H,3-4H2,1-2H3,(H,22,24)(H,23,26)/b14-13+. The highest BCUT2D eigenvalue weighted by Crippen LogP contribution is 2.19. The van der Waals surface area contributed by atoms with Crippen molar-refractivity contribution < 1.29 is 9.53 Å². The van der Waals surface area contributed by atoms with Crippen LogP contribution in [0.3, 0.4) is 0 Å². The van der Waals surface area contributed by atoms with E-state index in [1.165, 1.54) is 10.6 Å². The summed E-state index contributed by atoms with van der Waals surface area (Å²) in [6.07, 6.45) is 3.06. The zero-order valence-electron chi connectivity index (χ0n) is 15.8. The topological polar surface area (TPSA) is 85.2 Å². The molecular weight excluding hydrogens is 356 g/mol. The highest BCUT2D eigenvalue weighted by Gasteiger charge is 2.09. The number of rotatable bonds is 7. The van der Waals surface area contributed by atoms with Crippen LogP contribution in [-0.2, 0) is 11.3 Å². The van der Waals surface area contributed by atoms with Crippen LogP contribution in [-0.4, -0.2) is 22.1 Å². The van der Waals surface area contributed by atoms with Crippen molar-refractivity contribution in [1.29, 1.82) is 0 Å². The van der Waals surface area contributed by atoms with Gasteiger partial charge in [0.2, 0.25) is 5.95 Å². The molecule has 3 aromatic rings. The molecule has 2 N–H and O–H groups in total. The summed E-state index contributed by atoms with van der Waals surface area (Å²) in [5.74, 6) is 0.608. The Bertz CT molecular complexity index is 1070. The lowest BCUT2D eigenvalue weighted by molar-refractivity contribution is -0.116. The predicted octanol–water partition coefficient (Wildman–Crippen LogP) is 2.97. The van der Waals surface area contributed by atoms with E-state index in [4.69, 9.17) is 4.74 Å².